The van der Waals surface area contributed by atoms with Gasteiger partial charge in [-0.3, -0.25) is 5.41 Å². The topological polar surface area (TPSA) is 70.9 Å². The Hall–Kier alpha value is -2.30. The van der Waals surface area contributed by atoms with Crippen LogP contribution in [0.15, 0.2) is 42.7 Å². The quantitative estimate of drug-likeness (QED) is 0.622. The highest BCUT2D eigenvalue weighted by Crippen LogP contribution is 2.22. The van der Waals surface area contributed by atoms with Crippen LogP contribution in [-0.4, -0.2) is 21.9 Å². The Morgan fingerprint density at radius 1 is 1.39 bits per heavy atom. The minimum absolute atomic E-state index is 0.185. The van der Waals surface area contributed by atoms with E-state index in [4.69, 9.17) is 11.1 Å². The SMILES string of the molecule is Cn1ccnc1N(CCC(=N)N)c1ccccc1. The van der Waals surface area contributed by atoms with E-state index in [1.165, 1.54) is 0 Å². The van der Waals surface area contributed by atoms with Crippen molar-refractivity contribution in [2.24, 2.45) is 12.8 Å². The number of hydrogen-bond donors (Lipinski definition) is 2. The van der Waals surface area contributed by atoms with Crippen LogP contribution < -0.4 is 10.6 Å². The smallest absolute Gasteiger partial charge is 0.209 e. The van der Waals surface area contributed by atoms with Gasteiger partial charge in [0.15, 0.2) is 0 Å². The summed E-state index contributed by atoms with van der Waals surface area (Å²) in [4.78, 5) is 6.40. The van der Waals surface area contributed by atoms with E-state index in [9.17, 15) is 0 Å². The van der Waals surface area contributed by atoms with E-state index in [1.54, 1.807) is 6.20 Å². The second-order valence-electron chi connectivity index (χ2n) is 4.10. The molecule has 5 nitrogen and oxygen atoms in total. The number of para-hydroxylation sites is 1. The lowest BCUT2D eigenvalue weighted by Gasteiger charge is -2.23. The molecule has 0 radical (unpaired) electrons. The van der Waals surface area contributed by atoms with E-state index in [1.807, 2.05) is 48.1 Å². The maximum absolute atomic E-state index is 7.35. The molecule has 0 bridgehead atoms. The number of anilines is 2. The fourth-order valence-corrected chi connectivity index (χ4v) is 1.80. The van der Waals surface area contributed by atoms with Crippen molar-refractivity contribution in [3.8, 4) is 0 Å². The fraction of sp³-hybridized carbons (Fsp3) is 0.231. The van der Waals surface area contributed by atoms with Crippen LogP contribution in [0.5, 0.6) is 0 Å². The number of rotatable bonds is 5. The molecule has 0 amide bonds. The first-order chi connectivity index (χ1) is 8.68. The molecule has 0 aliphatic carbocycles. The van der Waals surface area contributed by atoms with Gasteiger partial charge in [0, 0.05) is 38.1 Å². The minimum atomic E-state index is 0.185. The first kappa shape index (κ1) is 12.2. The molecule has 1 aromatic heterocycles. The van der Waals surface area contributed by atoms with Gasteiger partial charge in [0.2, 0.25) is 5.95 Å². The van der Waals surface area contributed by atoms with Gasteiger partial charge < -0.3 is 15.2 Å². The Morgan fingerprint density at radius 3 is 2.67 bits per heavy atom. The predicted octanol–water partition coefficient (Wildman–Crippen LogP) is 1.88. The normalized spacial score (nSPS) is 10.3. The van der Waals surface area contributed by atoms with Gasteiger partial charge in [0.1, 0.15) is 0 Å². The van der Waals surface area contributed by atoms with Gasteiger partial charge in [-0.15, -0.1) is 0 Å². The highest BCUT2D eigenvalue weighted by Gasteiger charge is 2.13. The molecule has 1 heterocycles. The van der Waals surface area contributed by atoms with Crippen LogP contribution >= 0.6 is 0 Å². The van der Waals surface area contributed by atoms with Crippen LogP contribution in [0, 0.1) is 5.41 Å². The third-order valence-corrected chi connectivity index (χ3v) is 2.71. The van der Waals surface area contributed by atoms with E-state index >= 15 is 0 Å². The maximum atomic E-state index is 7.35. The van der Waals surface area contributed by atoms with E-state index in [0.717, 1.165) is 11.6 Å². The Labute approximate surface area is 106 Å². The van der Waals surface area contributed by atoms with Crippen molar-refractivity contribution in [3.63, 3.8) is 0 Å². The van der Waals surface area contributed by atoms with Crippen molar-refractivity contribution in [2.75, 3.05) is 11.4 Å². The highest BCUT2D eigenvalue weighted by atomic mass is 15.3. The Bertz CT molecular complexity index is 517. The van der Waals surface area contributed by atoms with Gasteiger partial charge in [-0.2, -0.15) is 0 Å². The average Bonchev–Trinajstić information content (AvgIpc) is 2.77. The largest absolute Gasteiger partial charge is 0.388 e. The number of aromatic nitrogens is 2. The molecule has 3 N–H and O–H groups in total. The van der Waals surface area contributed by atoms with E-state index in [2.05, 4.69) is 9.88 Å². The number of amidine groups is 1. The monoisotopic (exact) mass is 243 g/mol. The third kappa shape index (κ3) is 2.68. The third-order valence-electron chi connectivity index (χ3n) is 2.71. The highest BCUT2D eigenvalue weighted by molar-refractivity contribution is 5.77. The molecule has 0 fully saturated rings. The van der Waals surface area contributed by atoms with Gasteiger partial charge in [-0.05, 0) is 12.1 Å². The maximum Gasteiger partial charge on any atom is 0.209 e. The molecule has 0 aliphatic heterocycles. The summed E-state index contributed by atoms with van der Waals surface area (Å²) < 4.78 is 1.95. The molecule has 0 unspecified atom stereocenters. The summed E-state index contributed by atoms with van der Waals surface area (Å²) >= 11 is 0. The van der Waals surface area contributed by atoms with Gasteiger partial charge >= 0.3 is 0 Å². The molecule has 0 spiro atoms. The van der Waals surface area contributed by atoms with E-state index in [0.29, 0.717) is 13.0 Å². The van der Waals surface area contributed by atoms with Crippen LogP contribution in [0.1, 0.15) is 6.42 Å². The van der Waals surface area contributed by atoms with Crippen LogP contribution in [0.4, 0.5) is 11.6 Å². The lowest BCUT2D eigenvalue weighted by Crippen LogP contribution is -2.25. The van der Waals surface area contributed by atoms with Gasteiger partial charge in [-0.1, -0.05) is 18.2 Å². The lowest BCUT2D eigenvalue weighted by molar-refractivity contribution is 0.833. The molecule has 0 atom stereocenters. The number of nitrogens with zero attached hydrogens (tertiary/aromatic N) is 3. The Balaban J connectivity index is 2.29. The van der Waals surface area contributed by atoms with Crippen molar-refractivity contribution in [2.45, 2.75) is 6.42 Å². The molecule has 2 aromatic rings. The number of nitrogens with one attached hydrogen (secondary N) is 1. The second kappa shape index (κ2) is 5.35. The van der Waals surface area contributed by atoms with E-state index < -0.39 is 0 Å². The summed E-state index contributed by atoms with van der Waals surface area (Å²) in [6.07, 6.45) is 4.18. The summed E-state index contributed by atoms with van der Waals surface area (Å²) in [6, 6.07) is 9.99. The number of benzene rings is 1. The summed E-state index contributed by atoms with van der Waals surface area (Å²) in [7, 11) is 1.95. The molecular formula is C13H17N5. The predicted molar refractivity (Wildman–Crippen MR) is 73.2 cm³/mol. The molecular weight excluding hydrogens is 226 g/mol. The summed E-state index contributed by atoms with van der Waals surface area (Å²) in [6.45, 7) is 0.643. The van der Waals surface area contributed by atoms with Crippen LogP contribution in [0.25, 0.3) is 0 Å². The average molecular weight is 243 g/mol. The number of aryl methyl sites for hydroxylation is 1. The molecule has 0 saturated carbocycles. The van der Waals surface area contributed by atoms with Gasteiger partial charge in [0.25, 0.3) is 0 Å². The Morgan fingerprint density at radius 2 is 2.11 bits per heavy atom. The Kier molecular flexibility index (Phi) is 3.62. The molecule has 0 aliphatic rings. The first-order valence-electron chi connectivity index (χ1n) is 5.81. The second-order valence-corrected chi connectivity index (χ2v) is 4.10. The van der Waals surface area contributed by atoms with Crippen LogP contribution in [0.2, 0.25) is 0 Å². The van der Waals surface area contributed by atoms with Crippen molar-refractivity contribution in [3.05, 3.63) is 42.7 Å². The number of imidazole rings is 1. The molecule has 2 rings (SSSR count). The molecule has 5 heteroatoms. The lowest BCUT2D eigenvalue weighted by atomic mass is 10.2. The molecule has 18 heavy (non-hydrogen) atoms. The number of hydrogen-bond acceptors (Lipinski definition) is 3. The number of nitrogens with two attached hydrogens (primary N) is 1. The summed E-state index contributed by atoms with van der Waals surface area (Å²) in [5.41, 5.74) is 6.49. The van der Waals surface area contributed by atoms with Gasteiger partial charge in [-0.25, -0.2) is 4.98 Å². The van der Waals surface area contributed by atoms with Crippen molar-refractivity contribution in [1.29, 1.82) is 5.41 Å². The van der Waals surface area contributed by atoms with E-state index in [-0.39, 0.29) is 5.84 Å². The summed E-state index contributed by atoms with van der Waals surface area (Å²) in [5.74, 6) is 1.03. The summed E-state index contributed by atoms with van der Waals surface area (Å²) in [5, 5.41) is 7.35. The van der Waals surface area contributed by atoms with Crippen LogP contribution in [-0.2, 0) is 7.05 Å². The first-order valence-corrected chi connectivity index (χ1v) is 5.81. The molecule has 1 aromatic carbocycles. The molecule has 0 saturated heterocycles. The van der Waals surface area contributed by atoms with Gasteiger partial charge in [0.05, 0.1) is 5.84 Å². The standard InChI is InChI=1S/C13H17N5/c1-17-10-8-16-13(17)18(9-7-12(14)15)11-5-3-2-4-6-11/h2-6,8,10H,7,9H2,1H3,(H3,14,15). The fourth-order valence-electron chi connectivity index (χ4n) is 1.80. The minimum Gasteiger partial charge on any atom is -0.388 e. The molecule has 94 valence electrons. The zero-order chi connectivity index (χ0) is 13.0. The van der Waals surface area contributed by atoms with Crippen molar-refractivity contribution >= 4 is 17.5 Å². The zero-order valence-electron chi connectivity index (χ0n) is 10.4. The van der Waals surface area contributed by atoms with Crippen LogP contribution in [0.3, 0.4) is 0 Å². The zero-order valence-corrected chi connectivity index (χ0v) is 10.4. The van der Waals surface area contributed by atoms with Crippen molar-refractivity contribution in [1.82, 2.24) is 9.55 Å². The van der Waals surface area contributed by atoms with Crippen molar-refractivity contribution < 1.29 is 0 Å².